The molecule has 0 heterocycles. The fourth-order valence-electron chi connectivity index (χ4n) is 7.70. The van der Waals surface area contributed by atoms with Crippen molar-refractivity contribution in [2.45, 2.75) is 83.1 Å². The number of ketones is 2. The number of aliphatic hydroxyl groups is 2. The van der Waals surface area contributed by atoms with Crippen LogP contribution in [0.15, 0.2) is 23.8 Å². The molecular formula is C27H38ClFO7. The van der Waals surface area contributed by atoms with Crippen LogP contribution in [0.4, 0.5) is 4.39 Å². The van der Waals surface area contributed by atoms with Crippen LogP contribution in [-0.4, -0.2) is 77.2 Å². The molecule has 0 bridgehead atoms. The zero-order chi connectivity index (χ0) is 26.5. The lowest BCUT2D eigenvalue weighted by Gasteiger charge is -2.62. The molecule has 8 atom stereocenters. The Labute approximate surface area is 217 Å². The third-order valence-electron chi connectivity index (χ3n) is 9.52. The van der Waals surface area contributed by atoms with Crippen molar-refractivity contribution in [3.63, 3.8) is 0 Å². The maximum Gasteiger partial charge on any atom is 0.182 e. The highest BCUT2D eigenvalue weighted by Gasteiger charge is 2.76. The summed E-state index contributed by atoms with van der Waals surface area (Å²) in [6.45, 7) is 7.90. The van der Waals surface area contributed by atoms with E-state index in [-0.39, 0.29) is 25.2 Å². The van der Waals surface area contributed by atoms with E-state index in [1.807, 2.05) is 13.8 Å². The van der Waals surface area contributed by atoms with Gasteiger partial charge in [-0.15, -0.1) is 11.6 Å². The van der Waals surface area contributed by atoms with Crippen molar-refractivity contribution in [1.82, 2.24) is 0 Å². The van der Waals surface area contributed by atoms with Gasteiger partial charge in [-0.3, -0.25) is 9.59 Å². The van der Waals surface area contributed by atoms with Gasteiger partial charge in [0.1, 0.15) is 0 Å². The second-order valence-electron chi connectivity index (χ2n) is 11.0. The molecule has 9 heteroatoms. The molecule has 202 valence electrons. The average molecular weight is 529 g/mol. The molecule has 2 N–H and O–H groups in total. The first kappa shape index (κ1) is 27.9. The Morgan fingerprint density at radius 3 is 2.53 bits per heavy atom. The normalized spacial score (nSPS) is 43.7. The molecule has 0 aromatic heterocycles. The van der Waals surface area contributed by atoms with E-state index < -0.39 is 64.1 Å². The van der Waals surface area contributed by atoms with Gasteiger partial charge in [0.2, 0.25) is 0 Å². The van der Waals surface area contributed by atoms with Gasteiger partial charge in [-0.1, -0.05) is 18.6 Å². The van der Waals surface area contributed by atoms with Gasteiger partial charge < -0.3 is 24.4 Å². The maximum atomic E-state index is 17.3. The first-order chi connectivity index (χ1) is 16.9. The Bertz CT molecular complexity index is 948. The number of hydrogen-bond acceptors (Lipinski definition) is 7. The molecule has 4 aliphatic rings. The van der Waals surface area contributed by atoms with Crippen LogP contribution in [-0.2, 0) is 23.8 Å². The smallest absolute Gasteiger partial charge is 0.182 e. The Kier molecular flexibility index (Phi) is 7.63. The Morgan fingerprint density at radius 2 is 1.92 bits per heavy atom. The van der Waals surface area contributed by atoms with Gasteiger partial charge in [0, 0.05) is 30.0 Å². The van der Waals surface area contributed by atoms with Crippen LogP contribution < -0.4 is 0 Å². The molecule has 3 fully saturated rings. The molecule has 4 rings (SSSR count). The number of rotatable bonds is 9. The molecule has 3 saturated carbocycles. The Hall–Kier alpha value is -1.16. The minimum Gasteiger partial charge on any atom is -0.390 e. The zero-order valence-electron chi connectivity index (χ0n) is 21.5. The predicted molar refractivity (Wildman–Crippen MR) is 131 cm³/mol. The van der Waals surface area contributed by atoms with Crippen LogP contribution in [0.1, 0.15) is 53.4 Å². The summed E-state index contributed by atoms with van der Waals surface area (Å²) in [6, 6.07) is 0. The molecule has 1 unspecified atom stereocenters. The number of alkyl halides is 2. The van der Waals surface area contributed by atoms with Crippen molar-refractivity contribution in [1.29, 1.82) is 0 Å². The largest absolute Gasteiger partial charge is 0.390 e. The van der Waals surface area contributed by atoms with Crippen molar-refractivity contribution < 1.29 is 38.4 Å². The molecule has 0 aliphatic heterocycles. The first-order valence-corrected chi connectivity index (χ1v) is 13.4. The van der Waals surface area contributed by atoms with Crippen LogP contribution in [0, 0.1) is 22.7 Å². The number of allylic oxidation sites excluding steroid dienone is 4. The average Bonchev–Trinajstić information content (AvgIpc) is 3.06. The molecule has 36 heavy (non-hydrogen) atoms. The van der Waals surface area contributed by atoms with Crippen LogP contribution in [0.3, 0.4) is 0 Å². The second kappa shape index (κ2) is 9.86. The molecule has 0 aromatic carbocycles. The highest BCUT2D eigenvalue weighted by Crippen LogP contribution is 2.70. The molecule has 7 nitrogen and oxygen atoms in total. The fourth-order valence-corrected chi connectivity index (χ4v) is 7.90. The predicted octanol–water partition coefficient (Wildman–Crippen LogP) is 3.29. The lowest BCUT2D eigenvalue weighted by molar-refractivity contribution is -0.228. The molecular weight excluding hydrogens is 491 g/mol. The monoisotopic (exact) mass is 528 g/mol. The lowest BCUT2D eigenvalue weighted by Crippen LogP contribution is -2.69. The van der Waals surface area contributed by atoms with Gasteiger partial charge in [-0.25, -0.2) is 4.39 Å². The minimum atomic E-state index is -2.07. The number of halogens is 2. The standard InChI is InChI=1S/C27H38ClFO7/c1-5-34-23(35-6-2)15-36-22-12-19-18-8-7-16-11-17(30)9-10-24(16,3)26(18,29)20(31)13-25(19,4)27(22,33)21(32)14-28/h9-11,18-20,22-23,31,33H,5-8,12-15H2,1-4H3/t18-,19-,20-,22+,24-,25-,26?,27+/m0/s1. The van der Waals surface area contributed by atoms with Gasteiger partial charge in [-0.05, 0) is 64.5 Å². The van der Waals surface area contributed by atoms with Crippen LogP contribution >= 0.6 is 11.6 Å². The van der Waals surface area contributed by atoms with E-state index in [0.29, 0.717) is 31.6 Å². The van der Waals surface area contributed by atoms with Gasteiger partial charge >= 0.3 is 0 Å². The lowest BCUT2D eigenvalue weighted by atomic mass is 9.44. The topological polar surface area (TPSA) is 102 Å². The molecule has 4 aliphatic carbocycles. The van der Waals surface area contributed by atoms with E-state index in [9.17, 15) is 19.8 Å². The number of fused-ring (bicyclic) bond motifs is 5. The quantitative estimate of drug-likeness (QED) is 0.350. The van der Waals surface area contributed by atoms with Gasteiger partial charge in [-0.2, -0.15) is 0 Å². The van der Waals surface area contributed by atoms with E-state index in [1.54, 1.807) is 19.9 Å². The minimum absolute atomic E-state index is 0.0174. The van der Waals surface area contributed by atoms with Crippen molar-refractivity contribution in [3.8, 4) is 0 Å². The summed E-state index contributed by atoms with van der Waals surface area (Å²) >= 11 is 5.97. The summed E-state index contributed by atoms with van der Waals surface area (Å²) in [5.74, 6) is -2.35. The van der Waals surface area contributed by atoms with Crippen LogP contribution in [0.2, 0.25) is 0 Å². The molecule has 0 amide bonds. The summed E-state index contributed by atoms with van der Waals surface area (Å²) in [6.07, 6.45) is 2.26. The summed E-state index contributed by atoms with van der Waals surface area (Å²) in [4.78, 5) is 25.2. The summed E-state index contributed by atoms with van der Waals surface area (Å²) in [7, 11) is 0. The van der Waals surface area contributed by atoms with E-state index in [4.69, 9.17) is 25.8 Å². The number of carbonyl (C=O) groups is 2. The Morgan fingerprint density at radius 1 is 1.25 bits per heavy atom. The van der Waals surface area contributed by atoms with Crippen molar-refractivity contribution >= 4 is 23.2 Å². The molecule has 0 aromatic rings. The highest BCUT2D eigenvalue weighted by molar-refractivity contribution is 6.29. The number of aliphatic hydroxyl groups excluding tert-OH is 1. The summed E-state index contributed by atoms with van der Waals surface area (Å²) in [5, 5.41) is 23.4. The third-order valence-corrected chi connectivity index (χ3v) is 9.76. The van der Waals surface area contributed by atoms with E-state index in [1.165, 1.54) is 12.2 Å². The van der Waals surface area contributed by atoms with E-state index in [0.717, 1.165) is 0 Å². The fraction of sp³-hybridized carbons (Fsp3) is 0.778. The maximum absolute atomic E-state index is 17.3. The summed E-state index contributed by atoms with van der Waals surface area (Å²) < 4.78 is 34.5. The van der Waals surface area contributed by atoms with Gasteiger partial charge in [0.05, 0.1) is 24.7 Å². The third kappa shape index (κ3) is 3.78. The van der Waals surface area contributed by atoms with Gasteiger partial charge in [0.25, 0.3) is 0 Å². The van der Waals surface area contributed by atoms with Gasteiger partial charge in [0.15, 0.2) is 29.1 Å². The van der Waals surface area contributed by atoms with Crippen molar-refractivity contribution in [3.05, 3.63) is 23.8 Å². The summed E-state index contributed by atoms with van der Waals surface area (Å²) in [5.41, 5.74) is -5.74. The SMILES string of the molecule is CCOC(CO[C@@H]1C[C@H]2[C@@H]3CCC4=CC(=O)C=C[C@]4(C)C3(F)[C@@H](O)C[C@]2(C)[C@@]1(O)C(=O)CCl)OCC. The first-order valence-electron chi connectivity index (χ1n) is 12.9. The van der Waals surface area contributed by atoms with E-state index in [2.05, 4.69) is 0 Å². The number of Topliss-reactive ketones (excluding diaryl/α,β-unsaturated/α-hetero) is 1. The van der Waals surface area contributed by atoms with Crippen LogP contribution in [0.5, 0.6) is 0 Å². The zero-order valence-corrected chi connectivity index (χ0v) is 22.2. The second-order valence-corrected chi connectivity index (χ2v) is 11.3. The number of hydrogen-bond donors (Lipinski definition) is 2. The molecule has 0 spiro atoms. The molecule has 0 saturated heterocycles. The highest BCUT2D eigenvalue weighted by atomic mass is 35.5. The number of ether oxygens (including phenoxy) is 3. The number of carbonyl (C=O) groups excluding carboxylic acids is 2. The van der Waals surface area contributed by atoms with Crippen molar-refractivity contribution in [2.75, 3.05) is 25.7 Å². The van der Waals surface area contributed by atoms with Crippen molar-refractivity contribution in [2.24, 2.45) is 22.7 Å². The van der Waals surface area contributed by atoms with E-state index >= 15 is 4.39 Å². The molecule has 0 radical (unpaired) electrons. The Balaban J connectivity index is 1.72. The van der Waals surface area contributed by atoms with Crippen LogP contribution in [0.25, 0.3) is 0 Å².